The Bertz CT molecular complexity index is 1000. The summed E-state index contributed by atoms with van der Waals surface area (Å²) < 4.78 is 4.75. The van der Waals surface area contributed by atoms with Gasteiger partial charge in [0.05, 0.1) is 17.8 Å². The van der Waals surface area contributed by atoms with Gasteiger partial charge in [-0.15, -0.1) is 0 Å². The quantitative estimate of drug-likeness (QED) is 0.442. The highest BCUT2D eigenvalue weighted by molar-refractivity contribution is 7.80. The topological polar surface area (TPSA) is 70.1 Å². The van der Waals surface area contributed by atoms with Crippen LogP contribution < -0.4 is 4.90 Å². The molecule has 6 nitrogen and oxygen atoms in total. The molecule has 1 aliphatic rings. The lowest BCUT2D eigenvalue weighted by Gasteiger charge is -2.19. The van der Waals surface area contributed by atoms with Crippen LogP contribution in [0, 0.1) is 0 Å². The van der Waals surface area contributed by atoms with Gasteiger partial charge in [0.1, 0.15) is 18.0 Å². The maximum atomic E-state index is 13.2. The molecule has 29 heavy (non-hydrogen) atoms. The van der Waals surface area contributed by atoms with E-state index in [1.165, 1.54) is 29.0 Å². The van der Waals surface area contributed by atoms with Gasteiger partial charge in [0.15, 0.2) is 5.11 Å². The van der Waals surface area contributed by atoms with Crippen molar-refractivity contribution in [2.75, 3.05) is 18.6 Å². The Kier molecular flexibility index (Phi) is 6.20. The van der Waals surface area contributed by atoms with Crippen molar-refractivity contribution < 1.29 is 19.4 Å². The average Bonchev–Trinajstić information content (AvgIpc) is 2.94. The van der Waals surface area contributed by atoms with Crippen LogP contribution in [0.5, 0.6) is 5.75 Å². The molecule has 1 heterocycles. The van der Waals surface area contributed by atoms with Gasteiger partial charge in [-0.05, 0) is 60.1 Å². The molecule has 1 aliphatic heterocycles. The summed E-state index contributed by atoms with van der Waals surface area (Å²) in [6.07, 6.45) is 2.45. The van der Waals surface area contributed by atoms with Crippen LogP contribution in [-0.2, 0) is 20.7 Å². The number of phenols is 1. The number of rotatable bonds is 5. The van der Waals surface area contributed by atoms with Crippen molar-refractivity contribution in [2.45, 2.75) is 13.3 Å². The summed E-state index contributed by atoms with van der Waals surface area (Å²) in [5.41, 5.74) is 2.53. The Hall–Kier alpha value is -2.90. The molecule has 0 saturated carbocycles. The zero-order valence-corrected chi connectivity index (χ0v) is 17.5. The number of methoxy groups -OCH3 is 1. The molecule has 1 amide bonds. The van der Waals surface area contributed by atoms with Crippen LogP contribution in [0.2, 0.25) is 5.02 Å². The fourth-order valence-corrected chi connectivity index (χ4v) is 3.45. The van der Waals surface area contributed by atoms with E-state index in [0.29, 0.717) is 11.3 Å². The number of amides is 1. The second-order valence-corrected chi connectivity index (χ2v) is 7.12. The van der Waals surface area contributed by atoms with Crippen LogP contribution in [0.4, 0.5) is 5.69 Å². The standard InChI is InChI=1S/C21H19ClN2O4S/c1-3-13-4-7-15(8-5-13)24-20(27)17(23(21(24)29)12-19(26)28-2)11-14-6-9-18(25)16(22)10-14/h4-11,25H,3,12H2,1-2H3/b17-11-. The van der Waals surface area contributed by atoms with Crippen molar-refractivity contribution in [2.24, 2.45) is 0 Å². The van der Waals surface area contributed by atoms with Gasteiger partial charge in [-0.1, -0.05) is 36.7 Å². The molecule has 0 unspecified atom stereocenters. The predicted molar refractivity (Wildman–Crippen MR) is 116 cm³/mol. The molecule has 0 atom stereocenters. The molecular formula is C21H19ClN2O4S. The number of anilines is 1. The number of thiocarbonyl (C=S) groups is 1. The van der Waals surface area contributed by atoms with Crippen molar-refractivity contribution in [3.05, 3.63) is 64.3 Å². The van der Waals surface area contributed by atoms with Gasteiger partial charge in [0, 0.05) is 0 Å². The van der Waals surface area contributed by atoms with Crippen LogP contribution in [0.15, 0.2) is 48.2 Å². The van der Waals surface area contributed by atoms with E-state index >= 15 is 0 Å². The SMILES string of the molecule is CCc1ccc(N2C(=O)/C(=C/c3ccc(O)c(Cl)c3)N(CC(=O)OC)C2=S)cc1. The van der Waals surface area contributed by atoms with Gasteiger partial charge in [-0.2, -0.15) is 0 Å². The molecule has 1 fully saturated rings. The van der Waals surface area contributed by atoms with Crippen LogP contribution in [0.1, 0.15) is 18.1 Å². The minimum Gasteiger partial charge on any atom is -0.506 e. The number of aryl methyl sites for hydroxylation is 1. The highest BCUT2D eigenvalue weighted by atomic mass is 35.5. The second kappa shape index (κ2) is 8.63. The van der Waals surface area contributed by atoms with Crippen molar-refractivity contribution in [1.29, 1.82) is 0 Å². The van der Waals surface area contributed by atoms with Crippen molar-refractivity contribution in [3.8, 4) is 5.75 Å². The van der Waals surface area contributed by atoms with E-state index in [4.69, 9.17) is 28.6 Å². The Morgan fingerprint density at radius 1 is 1.24 bits per heavy atom. The highest BCUT2D eigenvalue weighted by Gasteiger charge is 2.40. The van der Waals surface area contributed by atoms with Gasteiger partial charge in [0.2, 0.25) is 0 Å². The lowest BCUT2D eigenvalue weighted by atomic mass is 10.1. The number of benzene rings is 2. The van der Waals surface area contributed by atoms with Gasteiger partial charge < -0.3 is 14.7 Å². The molecule has 8 heteroatoms. The molecule has 2 aromatic carbocycles. The molecular weight excluding hydrogens is 412 g/mol. The van der Waals surface area contributed by atoms with Crippen molar-refractivity contribution >= 4 is 52.6 Å². The average molecular weight is 431 g/mol. The monoisotopic (exact) mass is 430 g/mol. The summed E-state index contributed by atoms with van der Waals surface area (Å²) in [6, 6.07) is 12.1. The van der Waals surface area contributed by atoms with E-state index in [1.807, 2.05) is 31.2 Å². The largest absolute Gasteiger partial charge is 0.506 e. The third-order valence-corrected chi connectivity index (χ3v) is 5.23. The zero-order valence-electron chi connectivity index (χ0n) is 15.9. The van der Waals surface area contributed by atoms with E-state index in [2.05, 4.69) is 0 Å². The number of nitrogens with zero attached hydrogens (tertiary/aromatic N) is 2. The molecule has 0 radical (unpaired) electrons. The smallest absolute Gasteiger partial charge is 0.325 e. The maximum Gasteiger partial charge on any atom is 0.325 e. The van der Waals surface area contributed by atoms with Gasteiger partial charge in [0.25, 0.3) is 5.91 Å². The number of hydrogen-bond acceptors (Lipinski definition) is 5. The Labute approximate surface area is 178 Å². The lowest BCUT2D eigenvalue weighted by molar-refractivity contribution is -0.140. The molecule has 0 aromatic heterocycles. The summed E-state index contributed by atoms with van der Waals surface area (Å²) >= 11 is 11.5. The summed E-state index contributed by atoms with van der Waals surface area (Å²) in [7, 11) is 1.27. The number of ether oxygens (including phenoxy) is 1. The summed E-state index contributed by atoms with van der Waals surface area (Å²) in [5, 5.41) is 9.95. The number of carbonyl (C=O) groups is 2. The maximum absolute atomic E-state index is 13.2. The minimum atomic E-state index is -0.530. The van der Waals surface area contributed by atoms with E-state index in [9.17, 15) is 14.7 Å². The third kappa shape index (κ3) is 4.26. The van der Waals surface area contributed by atoms with E-state index in [-0.39, 0.29) is 34.0 Å². The molecule has 2 aromatic rings. The van der Waals surface area contributed by atoms with E-state index in [0.717, 1.165) is 12.0 Å². The van der Waals surface area contributed by atoms with Crippen LogP contribution in [0.3, 0.4) is 0 Å². The molecule has 3 rings (SSSR count). The highest BCUT2D eigenvalue weighted by Crippen LogP contribution is 2.31. The Morgan fingerprint density at radius 3 is 2.52 bits per heavy atom. The first-order valence-corrected chi connectivity index (χ1v) is 9.66. The Morgan fingerprint density at radius 2 is 1.93 bits per heavy atom. The minimum absolute atomic E-state index is 0.0638. The molecule has 1 N–H and O–H groups in total. The predicted octanol–water partition coefficient (Wildman–Crippen LogP) is 3.76. The first kappa shape index (κ1) is 20.8. The fraction of sp³-hybridized carbons (Fsp3) is 0.190. The molecule has 150 valence electrons. The summed E-state index contributed by atoms with van der Waals surface area (Å²) in [6.45, 7) is 1.84. The van der Waals surface area contributed by atoms with Crippen molar-refractivity contribution in [1.82, 2.24) is 4.90 Å². The number of halogens is 1. The zero-order chi connectivity index (χ0) is 21.1. The number of hydrogen-bond donors (Lipinski definition) is 1. The first-order chi connectivity index (χ1) is 13.8. The first-order valence-electron chi connectivity index (χ1n) is 8.87. The second-order valence-electron chi connectivity index (χ2n) is 6.35. The third-order valence-electron chi connectivity index (χ3n) is 4.53. The molecule has 1 saturated heterocycles. The number of phenolic OH excluding ortho intramolecular Hbond substituents is 1. The molecule has 0 spiro atoms. The van der Waals surface area contributed by atoms with Gasteiger partial charge in [-0.25, -0.2) is 0 Å². The Balaban J connectivity index is 2.04. The van der Waals surface area contributed by atoms with Gasteiger partial charge >= 0.3 is 5.97 Å². The number of carbonyl (C=O) groups excluding carboxylic acids is 2. The van der Waals surface area contributed by atoms with E-state index < -0.39 is 5.97 Å². The molecule has 0 aliphatic carbocycles. The van der Waals surface area contributed by atoms with Gasteiger partial charge in [-0.3, -0.25) is 14.5 Å². The molecule has 0 bridgehead atoms. The fourth-order valence-electron chi connectivity index (χ4n) is 2.91. The normalized spacial score (nSPS) is 15.3. The van der Waals surface area contributed by atoms with Crippen molar-refractivity contribution in [3.63, 3.8) is 0 Å². The van der Waals surface area contributed by atoms with Crippen LogP contribution in [-0.4, -0.2) is 40.6 Å². The van der Waals surface area contributed by atoms with Crippen LogP contribution >= 0.6 is 23.8 Å². The van der Waals surface area contributed by atoms with Crippen LogP contribution in [0.25, 0.3) is 6.08 Å². The summed E-state index contributed by atoms with van der Waals surface area (Å²) in [4.78, 5) is 27.9. The summed E-state index contributed by atoms with van der Waals surface area (Å²) in [5.74, 6) is -0.962. The number of aromatic hydroxyl groups is 1. The number of esters is 1. The van der Waals surface area contributed by atoms with E-state index in [1.54, 1.807) is 12.1 Å². The lowest BCUT2D eigenvalue weighted by Crippen LogP contribution is -2.35.